The van der Waals surface area contributed by atoms with Crippen molar-refractivity contribution in [2.45, 2.75) is 19.7 Å². The largest absolute Gasteiger partial charge is 0.573 e. The molecule has 0 bridgehead atoms. The molecule has 0 atom stereocenters. The first kappa shape index (κ1) is 17.1. The molecule has 0 aliphatic carbocycles. The van der Waals surface area contributed by atoms with Crippen molar-refractivity contribution < 1.29 is 22.7 Å². The number of halogens is 4. The SMILES string of the molecule is Cc1cc(-c2c(Cl)ccc(C#N)c2OC(F)(F)F)cc2c1NC(=O)C2. The maximum absolute atomic E-state index is 12.8. The molecule has 2 aromatic rings. The van der Waals surface area contributed by atoms with Gasteiger partial charge in [-0.15, -0.1) is 13.2 Å². The van der Waals surface area contributed by atoms with Gasteiger partial charge in [-0.05, 0) is 47.9 Å². The Labute approximate surface area is 145 Å². The highest BCUT2D eigenvalue weighted by Gasteiger charge is 2.34. The molecule has 128 valence electrons. The summed E-state index contributed by atoms with van der Waals surface area (Å²) in [7, 11) is 0. The lowest BCUT2D eigenvalue weighted by Crippen LogP contribution is -2.18. The van der Waals surface area contributed by atoms with E-state index < -0.39 is 12.1 Å². The molecule has 25 heavy (non-hydrogen) atoms. The van der Waals surface area contributed by atoms with Crippen LogP contribution < -0.4 is 10.1 Å². The Bertz CT molecular complexity index is 933. The zero-order valence-corrected chi connectivity index (χ0v) is 13.5. The average Bonchev–Trinajstić information content (AvgIpc) is 2.87. The van der Waals surface area contributed by atoms with Gasteiger partial charge in [0.15, 0.2) is 5.75 Å². The van der Waals surface area contributed by atoms with Gasteiger partial charge in [-0.1, -0.05) is 11.6 Å². The van der Waals surface area contributed by atoms with Crippen LogP contribution in [0, 0.1) is 18.3 Å². The predicted octanol–water partition coefficient (Wildman–Crippen LogP) is 4.58. The molecule has 1 aliphatic rings. The van der Waals surface area contributed by atoms with E-state index in [1.165, 1.54) is 6.07 Å². The number of hydrogen-bond donors (Lipinski definition) is 1. The molecule has 0 saturated carbocycles. The molecule has 2 aromatic carbocycles. The van der Waals surface area contributed by atoms with Crippen molar-refractivity contribution in [1.82, 2.24) is 0 Å². The summed E-state index contributed by atoms with van der Waals surface area (Å²) in [5, 5.41) is 11.8. The lowest BCUT2D eigenvalue weighted by atomic mass is 9.96. The van der Waals surface area contributed by atoms with Gasteiger partial charge in [-0.3, -0.25) is 4.79 Å². The van der Waals surface area contributed by atoms with Gasteiger partial charge >= 0.3 is 6.36 Å². The van der Waals surface area contributed by atoms with E-state index in [0.717, 1.165) is 6.07 Å². The van der Waals surface area contributed by atoms with Gasteiger partial charge in [-0.25, -0.2) is 0 Å². The van der Waals surface area contributed by atoms with Crippen LogP contribution in [0.5, 0.6) is 5.75 Å². The van der Waals surface area contributed by atoms with Crippen LogP contribution in [-0.2, 0) is 11.2 Å². The van der Waals surface area contributed by atoms with Gasteiger partial charge in [0.25, 0.3) is 0 Å². The van der Waals surface area contributed by atoms with Crippen LogP contribution in [0.2, 0.25) is 5.02 Å². The zero-order valence-electron chi connectivity index (χ0n) is 12.8. The fourth-order valence-electron chi connectivity index (χ4n) is 2.82. The van der Waals surface area contributed by atoms with Crippen molar-refractivity contribution in [3.05, 3.63) is 46.0 Å². The van der Waals surface area contributed by atoms with Crippen LogP contribution >= 0.6 is 11.6 Å². The lowest BCUT2D eigenvalue weighted by Gasteiger charge is -2.17. The Morgan fingerprint density at radius 2 is 2.04 bits per heavy atom. The van der Waals surface area contributed by atoms with Crippen LogP contribution in [0.25, 0.3) is 11.1 Å². The highest BCUT2D eigenvalue weighted by Crippen LogP contribution is 2.43. The molecule has 1 aliphatic heterocycles. The molecule has 0 radical (unpaired) electrons. The fourth-order valence-corrected chi connectivity index (χ4v) is 3.07. The number of carbonyl (C=O) groups is 1. The minimum Gasteiger partial charge on any atom is -0.404 e. The minimum atomic E-state index is -4.98. The van der Waals surface area contributed by atoms with E-state index >= 15 is 0 Å². The molecule has 4 nitrogen and oxygen atoms in total. The first-order valence-electron chi connectivity index (χ1n) is 7.11. The predicted molar refractivity (Wildman–Crippen MR) is 85.4 cm³/mol. The van der Waals surface area contributed by atoms with Gasteiger partial charge in [0.2, 0.25) is 5.91 Å². The molecular formula is C17H10ClF3N2O2. The van der Waals surface area contributed by atoms with Crippen molar-refractivity contribution >= 4 is 23.2 Å². The average molecular weight is 367 g/mol. The van der Waals surface area contributed by atoms with Gasteiger partial charge < -0.3 is 10.1 Å². The smallest absolute Gasteiger partial charge is 0.404 e. The Balaban J connectivity index is 2.24. The maximum atomic E-state index is 12.8. The molecule has 3 rings (SSSR count). The summed E-state index contributed by atoms with van der Waals surface area (Å²) in [4.78, 5) is 11.6. The number of hydrogen-bond acceptors (Lipinski definition) is 3. The molecule has 0 spiro atoms. The van der Waals surface area contributed by atoms with Gasteiger partial charge in [-0.2, -0.15) is 5.26 Å². The number of nitriles is 1. The van der Waals surface area contributed by atoms with Gasteiger partial charge in [0.05, 0.1) is 17.0 Å². The molecule has 1 heterocycles. The third-order valence-corrected chi connectivity index (χ3v) is 4.08. The second-order valence-electron chi connectivity index (χ2n) is 5.51. The summed E-state index contributed by atoms with van der Waals surface area (Å²) in [6, 6.07) is 7.35. The summed E-state index contributed by atoms with van der Waals surface area (Å²) in [6.07, 6.45) is -4.86. The summed E-state index contributed by atoms with van der Waals surface area (Å²) < 4.78 is 42.5. The van der Waals surface area contributed by atoms with Crippen LogP contribution in [0.4, 0.5) is 18.9 Å². The Morgan fingerprint density at radius 1 is 1.32 bits per heavy atom. The summed E-state index contributed by atoms with van der Waals surface area (Å²) in [5.74, 6) is -0.849. The van der Waals surface area contributed by atoms with Crippen molar-refractivity contribution in [1.29, 1.82) is 5.26 Å². The Kier molecular flexibility index (Phi) is 4.09. The normalized spacial score (nSPS) is 13.2. The zero-order chi connectivity index (χ0) is 18.4. The molecule has 1 N–H and O–H groups in total. The van der Waals surface area contributed by atoms with E-state index in [-0.39, 0.29) is 28.5 Å². The number of fused-ring (bicyclic) bond motifs is 1. The third kappa shape index (κ3) is 3.26. The van der Waals surface area contributed by atoms with Crippen LogP contribution in [-0.4, -0.2) is 12.3 Å². The lowest BCUT2D eigenvalue weighted by molar-refractivity contribution is -0.274. The molecule has 0 fully saturated rings. The van der Waals surface area contributed by atoms with E-state index in [0.29, 0.717) is 22.4 Å². The summed E-state index contributed by atoms with van der Waals surface area (Å²) in [5.41, 5.74) is 1.98. The highest BCUT2D eigenvalue weighted by molar-refractivity contribution is 6.33. The third-order valence-electron chi connectivity index (χ3n) is 3.77. The van der Waals surface area contributed by atoms with Crippen molar-refractivity contribution in [3.8, 4) is 22.9 Å². The number of aryl methyl sites for hydroxylation is 1. The second kappa shape index (κ2) is 5.97. The molecule has 0 saturated heterocycles. The van der Waals surface area contributed by atoms with Crippen LogP contribution in [0.15, 0.2) is 24.3 Å². The number of ether oxygens (including phenoxy) is 1. The second-order valence-corrected chi connectivity index (χ2v) is 5.92. The molecule has 0 unspecified atom stereocenters. The topological polar surface area (TPSA) is 62.1 Å². The van der Waals surface area contributed by atoms with Crippen LogP contribution in [0.3, 0.4) is 0 Å². The molecular weight excluding hydrogens is 357 g/mol. The fraction of sp³-hybridized carbons (Fsp3) is 0.176. The maximum Gasteiger partial charge on any atom is 0.573 e. The number of benzene rings is 2. The first-order valence-corrected chi connectivity index (χ1v) is 7.49. The number of nitrogens with one attached hydrogen (secondary N) is 1. The monoisotopic (exact) mass is 366 g/mol. The van der Waals surface area contributed by atoms with Gasteiger partial charge in [0, 0.05) is 11.3 Å². The number of alkyl halides is 3. The summed E-state index contributed by atoms with van der Waals surface area (Å²) in [6.45, 7) is 1.72. The van der Waals surface area contributed by atoms with Crippen LogP contribution in [0.1, 0.15) is 16.7 Å². The van der Waals surface area contributed by atoms with E-state index in [2.05, 4.69) is 10.1 Å². The number of rotatable bonds is 2. The van der Waals surface area contributed by atoms with Crippen molar-refractivity contribution in [3.63, 3.8) is 0 Å². The quantitative estimate of drug-likeness (QED) is 0.846. The number of nitrogens with zero attached hydrogens (tertiary/aromatic N) is 1. The molecule has 0 aromatic heterocycles. The first-order chi connectivity index (χ1) is 11.7. The number of anilines is 1. The van der Waals surface area contributed by atoms with E-state index in [9.17, 15) is 18.0 Å². The summed E-state index contributed by atoms with van der Waals surface area (Å²) >= 11 is 6.11. The Hall–Kier alpha value is -2.72. The van der Waals surface area contributed by atoms with E-state index in [1.54, 1.807) is 25.1 Å². The highest BCUT2D eigenvalue weighted by atomic mass is 35.5. The van der Waals surface area contributed by atoms with E-state index in [1.807, 2.05) is 0 Å². The molecule has 8 heteroatoms. The standard InChI is InChI=1S/C17H10ClF3N2O2/c1-8-4-10(5-11-6-13(24)23-15(8)11)14-12(18)3-2-9(7-22)16(14)25-17(19,20)21/h2-5H,6H2,1H3,(H,23,24). The molecule has 1 amide bonds. The van der Waals surface area contributed by atoms with Crippen molar-refractivity contribution in [2.75, 3.05) is 5.32 Å². The van der Waals surface area contributed by atoms with Gasteiger partial charge in [0.1, 0.15) is 6.07 Å². The van der Waals surface area contributed by atoms with Crippen molar-refractivity contribution in [2.24, 2.45) is 0 Å². The van der Waals surface area contributed by atoms with E-state index in [4.69, 9.17) is 16.9 Å². The Morgan fingerprint density at radius 3 is 2.68 bits per heavy atom. The number of carbonyl (C=O) groups excluding carboxylic acids is 1. The number of amides is 1. The minimum absolute atomic E-state index is 0.00915.